The first-order valence-corrected chi connectivity index (χ1v) is 21.3. The lowest BCUT2D eigenvalue weighted by Gasteiger charge is -2.39. The van der Waals surface area contributed by atoms with E-state index >= 15 is 0 Å². The summed E-state index contributed by atoms with van der Waals surface area (Å²) in [5, 5.41) is 0. The van der Waals surface area contributed by atoms with E-state index in [0.29, 0.717) is 0 Å². The second-order valence-corrected chi connectivity index (χ2v) is 17.3. The SMILES string of the molecule is Cc1cc(-c2ccc(-c3ccccc3)cc2)ccc1N(c1ccc2c(c1)C(C)(C)c1ccccc1-2)c1ccc2c(c1)C1(c3ccccc3Oc3ccccc31)c1ccccc1-2. The van der Waals surface area contributed by atoms with Crippen molar-refractivity contribution in [3.8, 4) is 56.0 Å². The highest BCUT2D eigenvalue weighted by Crippen LogP contribution is 2.63. The van der Waals surface area contributed by atoms with Gasteiger partial charge in [0.1, 0.15) is 11.5 Å². The van der Waals surface area contributed by atoms with E-state index in [0.717, 1.165) is 28.6 Å². The fourth-order valence-corrected chi connectivity index (χ4v) is 10.8. The van der Waals surface area contributed by atoms with E-state index in [2.05, 4.69) is 232 Å². The van der Waals surface area contributed by atoms with Gasteiger partial charge >= 0.3 is 0 Å². The molecule has 0 fully saturated rings. The van der Waals surface area contributed by atoms with Crippen LogP contribution in [0.3, 0.4) is 0 Å². The molecule has 0 aromatic heterocycles. The summed E-state index contributed by atoms with van der Waals surface area (Å²) in [6.07, 6.45) is 0. The molecule has 0 N–H and O–H groups in total. The Morgan fingerprint density at radius 3 is 1.46 bits per heavy atom. The van der Waals surface area contributed by atoms with Gasteiger partial charge in [0.05, 0.1) is 5.41 Å². The molecule has 3 aliphatic rings. The summed E-state index contributed by atoms with van der Waals surface area (Å²) in [5.74, 6) is 1.80. The fourth-order valence-electron chi connectivity index (χ4n) is 10.8. The molecule has 0 amide bonds. The van der Waals surface area contributed by atoms with E-state index in [1.54, 1.807) is 0 Å². The number of anilines is 3. The van der Waals surface area contributed by atoms with Crippen LogP contribution in [0.1, 0.15) is 52.8 Å². The molecule has 1 aliphatic heterocycles. The molecule has 0 radical (unpaired) electrons. The molecule has 290 valence electrons. The summed E-state index contributed by atoms with van der Waals surface area (Å²) < 4.78 is 6.68. The summed E-state index contributed by atoms with van der Waals surface area (Å²) in [5.41, 5.74) is 21.5. The summed E-state index contributed by atoms with van der Waals surface area (Å²) in [6.45, 7) is 6.99. The van der Waals surface area contributed by atoms with Gasteiger partial charge in [-0.3, -0.25) is 0 Å². The van der Waals surface area contributed by atoms with Crippen LogP contribution in [-0.4, -0.2) is 0 Å². The van der Waals surface area contributed by atoms with Crippen molar-refractivity contribution in [2.75, 3.05) is 4.90 Å². The van der Waals surface area contributed by atoms with Gasteiger partial charge in [0.25, 0.3) is 0 Å². The van der Waals surface area contributed by atoms with Gasteiger partial charge in [-0.25, -0.2) is 0 Å². The maximum Gasteiger partial charge on any atom is 0.132 e. The average Bonchev–Trinajstić information content (AvgIpc) is 3.72. The van der Waals surface area contributed by atoms with Crippen LogP contribution in [0.15, 0.2) is 206 Å². The third kappa shape index (κ3) is 5.15. The summed E-state index contributed by atoms with van der Waals surface area (Å²) in [7, 11) is 0. The number of aryl methyl sites for hydroxylation is 1. The minimum atomic E-state index is -0.564. The van der Waals surface area contributed by atoms with Crippen molar-refractivity contribution in [1.82, 2.24) is 0 Å². The van der Waals surface area contributed by atoms with Crippen molar-refractivity contribution in [1.29, 1.82) is 0 Å². The highest BCUT2D eigenvalue weighted by molar-refractivity contribution is 5.92. The maximum absolute atomic E-state index is 6.68. The number of hydrogen-bond acceptors (Lipinski definition) is 2. The van der Waals surface area contributed by atoms with E-state index in [4.69, 9.17) is 4.74 Å². The highest BCUT2D eigenvalue weighted by atomic mass is 16.5. The first-order valence-electron chi connectivity index (χ1n) is 21.3. The minimum absolute atomic E-state index is 0.141. The molecule has 0 unspecified atom stereocenters. The van der Waals surface area contributed by atoms with Gasteiger partial charge < -0.3 is 9.64 Å². The molecule has 1 spiro atoms. The Morgan fingerprint density at radius 2 is 0.820 bits per heavy atom. The largest absolute Gasteiger partial charge is 0.457 e. The monoisotopic (exact) mass is 781 g/mol. The zero-order valence-electron chi connectivity index (χ0n) is 34.5. The van der Waals surface area contributed by atoms with E-state index in [1.807, 2.05) is 0 Å². The molecule has 61 heavy (non-hydrogen) atoms. The van der Waals surface area contributed by atoms with Gasteiger partial charge in [0.2, 0.25) is 0 Å². The first-order chi connectivity index (χ1) is 29.9. The van der Waals surface area contributed by atoms with Gasteiger partial charge in [-0.2, -0.15) is 0 Å². The van der Waals surface area contributed by atoms with Crippen molar-refractivity contribution in [3.05, 3.63) is 245 Å². The fraction of sp³-hybridized carbons (Fsp3) is 0.0847. The van der Waals surface area contributed by atoms with Crippen LogP contribution in [0.5, 0.6) is 11.5 Å². The van der Waals surface area contributed by atoms with Gasteiger partial charge in [-0.1, -0.05) is 172 Å². The van der Waals surface area contributed by atoms with Gasteiger partial charge in [0, 0.05) is 33.6 Å². The molecule has 2 heteroatoms. The van der Waals surface area contributed by atoms with E-state index in [-0.39, 0.29) is 5.41 Å². The number of hydrogen-bond donors (Lipinski definition) is 0. The Bertz CT molecular complexity index is 3170. The van der Waals surface area contributed by atoms with Crippen LogP contribution < -0.4 is 9.64 Å². The minimum Gasteiger partial charge on any atom is -0.457 e. The number of benzene rings is 9. The molecular formula is C59H43NO. The molecule has 2 nitrogen and oxygen atoms in total. The molecule has 9 aromatic carbocycles. The lowest BCUT2D eigenvalue weighted by atomic mass is 9.66. The third-order valence-electron chi connectivity index (χ3n) is 13.7. The number of nitrogens with zero attached hydrogens (tertiary/aromatic N) is 1. The van der Waals surface area contributed by atoms with Crippen molar-refractivity contribution < 1.29 is 4.74 Å². The van der Waals surface area contributed by atoms with E-state index < -0.39 is 5.41 Å². The van der Waals surface area contributed by atoms with Crippen molar-refractivity contribution in [3.63, 3.8) is 0 Å². The van der Waals surface area contributed by atoms with Crippen LogP contribution in [0.4, 0.5) is 17.1 Å². The molecule has 0 atom stereocenters. The predicted molar refractivity (Wildman–Crippen MR) is 252 cm³/mol. The van der Waals surface area contributed by atoms with Crippen LogP contribution in [0.2, 0.25) is 0 Å². The molecule has 0 saturated carbocycles. The predicted octanol–water partition coefficient (Wildman–Crippen LogP) is 15.6. The zero-order valence-corrected chi connectivity index (χ0v) is 34.5. The molecular weight excluding hydrogens is 739 g/mol. The van der Waals surface area contributed by atoms with Crippen LogP contribution in [-0.2, 0) is 10.8 Å². The third-order valence-corrected chi connectivity index (χ3v) is 13.7. The molecule has 2 aliphatic carbocycles. The quantitative estimate of drug-likeness (QED) is 0.172. The molecule has 0 bridgehead atoms. The Hall–Kier alpha value is -7.42. The smallest absolute Gasteiger partial charge is 0.132 e. The van der Waals surface area contributed by atoms with Crippen molar-refractivity contribution in [2.24, 2.45) is 0 Å². The normalized spacial score (nSPS) is 14.2. The summed E-state index contributed by atoms with van der Waals surface area (Å²) >= 11 is 0. The summed E-state index contributed by atoms with van der Waals surface area (Å²) in [4.78, 5) is 2.49. The summed E-state index contributed by atoms with van der Waals surface area (Å²) in [6, 6.07) is 75.9. The van der Waals surface area contributed by atoms with Gasteiger partial charge in [-0.05, 0) is 128 Å². The molecule has 1 heterocycles. The molecule has 12 rings (SSSR count). The Kier molecular flexibility index (Phi) is 7.74. The average molecular weight is 782 g/mol. The second kappa shape index (κ2) is 13.3. The lowest BCUT2D eigenvalue weighted by molar-refractivity contribution is 0.436. The van der Waals surface area contributed by atoms with Crippen LogP contribution >= 0.6 is 0 Å². The number of ether oxygens (including phenoxy) is 1. The second-order valence-electron chi connectivity index (χ2n) is 17.3. The maximum atomic E-state index is 6.68. The van der Waals surface area contributed by atoms with E-state index in [1.165, 1.54) is 83.5 Å². The Balaban J connectivity index is 1.06. The zero-order chi connectivity index (χ0) is 40.9. The Morgan fingerprint density at radius 1 is 0.361 bits per heavy atom. The van der Waals surface area contributed by atoms with Crippen molar-refractivity contribution in [2.45, 2.75) is 31.6 Å². The first kappa shape index (κ1) is 35.5. The number of rotatable bonds is 5. The lowest BCUT2D eigenvalue weighted by Crippen LogP contribution is -2.32. The van der Waals surface area contributed by atoms with Crippen LogP contribution in [0.25, 0.3) is 44.5 Å². The van der Waals surface area contributed by atoms with Crippen molar-refractivity contribution >= 4 is 17.1 Å². The van der Waals surface area contributed by atoms with Crippen LogP contribution in [0, 0.1) is 6.92 Å². The number of para-hydroxylation sites is 2. The standard InChI is InChI=1S/C59H43NO/c1-38-35-42(41-27-25-40(26-28-41)39-15-5-4-6-16-39)29-34-55(38)60(43-30-32-47-45-17-7-9-19-49(45)58(2,3)53(47)36-43)44-31-33-48-46-18-8-10-20-50(46)59(54(48)37-44)51-21-11-13-23-56(51)61-57-24-14-12-22-52(57)59/h4-37H,1-3H3. The van der Waals surface area contributed by atoms with Gasteiger partial charge in [0.15, 0.2) is 0 Å². The Labute approximate surface area is 358 Å². The topological polar surface area (TPSA) is 12.5 Å². The van der Waals surface area contributed by atoms with E-state index in [9.17, 15) is 0 Å². The highest BCUT2D eigenvalue weighted by Gasteiger charge is 2.51. The molecule has 9 aromatic rings. The molecule has 0 saturated heterocycles. The number of fused-ring (bicyclic) bond motifs is 12. The van der Waals surface area contributed by atoms with Gasteiger partial charge in [-0.15, -0.1) is 0 Å².